The molecule has 4 nitrogen and oxygen atoms in total. The minimum absolute atomic E-state index is 0.400. The zero-order valence-corrected chi connectivity index (χ0v) is 11.3. The molecule has 0 radical (unpaired) electrons. The van der Waals surface area contributed by atoms with Gasteiger partial charge < -0.3 is 10.5 Å². The molecule has 2 aromatic carbocycles. The van der Waals surface area contributed by atoms with Gasteiger partial charge in [0.15, 0.2) is 0 Å². The van der Waals surface area contributed by atoms with Crippen molar-refractivity contribution in [3.05, 3.63) is 59.4 Å². The maximum atomic E-state index is 5.94. The quantitative estimate of drug-likeness (QED) is 0.749. The summed E-state index contributed by atoms with van der Waals surface area (Å²) in [6.45, 7) is 0.400. The summed E-state index contributed by atoms with van der Waals surface area (Å²) in [5.74, 6) is 0.537. The zero-order valence-electron chi connectivity index (χ0n) is 10.6. The highest BCUT2D eigenvalue weighted by Crippen LogP contribution is 2.24. The van der Waals surface area contributed by atoms with Crippen LogP contribution in [-0.2, 0) is 6.61 Å². The zero-order chi connectivity index (χ0) is 13.9. The molecule has 20 heavy (non-hydrogen) atoms. The van der Waals surface area contributed by atoms with Crippen molar-refractivity contribution in [1.29, 1.82) is 0 Å². The first-order valence-electron chi connectivity index (χ1n) is 6.10. The smallest absolute Gasteiger partial charge is 0.224 e. The first-order chi connectivity index (χ1) is 9.72. The second kappa shape index (κ2) is 5.35. The fourth-order valence-electron chi connectivity index (χ4n) is 1.94. The highest BCUT2D eigenvalue weighted by molar-refractivity contribution is 6.30. The highest BCUT2D eigenvalue weighted by Gasteiger charge is 2.05. The van der Waals surface area contributed by atoms with Crippen LogP contribution in [0, 0.1) is 0 Å². The third kappa shape index (κ3) is 2.65. The van der Waals surface area contributed by atoms with Crippen LogP contribution in [0.1, 0.15) is 5.56 Å². The van der Waals surface area contributed by atoms with Crippen LogP contribution in [0.25, 0.3) is 10.9 Å². The Morgan fingerprint density at radius 3 is 2.85 bits per heavy atom. The van der Waals surface area contributed by atoms with Crippen LogP contribution in [-0.4, -0.2) is 9.97 Å². The molecule has 3 rings (SSSR count). The lowest BCUT2D eigenvalue weighted by Crippen LogP contribution is -1.99. The molecule has 0 saturated carbocycles. The maximum absolute atomic E-state index is 5.94. The van der Waals surface area contributed by atoms with E-state index in [2.05, 4.69) is 9.97 Å². The predicted molar refractivity (Wildman–Crippen MR) is 79.7 cm³/mol. The van der Waals surface area contributed by atoms with Crippen molar-refractivity contribution in [2.75, 3.05) is 5.73 Å². The molecule has 0 bridgehead atoms. The first-order valence-corrected chi connectivity index (χ1v) is 6.47. The summed E-state index contributed by atoms with van der Waals surface area (Å²) in [5.41, 5.74) is 8.15. The molecule has 0 aliphatic heterocycles. The lowest BCUT2D eigenvalue weighted by Gasteiger charge is -2.08. The molecule has 0 aliphatic rings. The number of nitrogens with zero attached hydrogens (tertiary/aromatic N) is 2. The summed E-state index contributed by atoms with van der Waals surface area (Å²) in [6, 6.07) is 13.0. The minimum Gasteiger partial charge on any atom is -0.472 e. The molecule has 0 atom stereocenters. The molecule has 100 valence electrons. The number of ether oxygens (including phenoxy) is 1. The van der Waals surface area contributed by atoms with E-state index in [4.69, 9.17) is 22.1 Å². The van der Waals surface area contributed by atoms with Gasteiger partial charge in [-0.1, -0.05) is 23.7 Å². The Morgan fingerprint density at radius 2 is 2.00 bits per heavy atom. The number of hydrogen-bond acceptors (Lipinski definition) is 4. The van der Waals surface area contributed by atoms with Crippen molar-refractivity contribution in [3.8, 4) is 5.88 Å². The van der Waals surface area contributed by atoms with Crippen LogP contribution < -0.4 is 10.5 Å². The molecule has 5 heteroatoms. The van der Waals surface area contributed by atoms with Crippen LogP contribution in [0.5, 0.6) is 5.88 Å². The molecular formula is C15H12ClN3O. The van der Waals surface area contributed by atoms with Gasteiger partial charge in [0.25, 0.3) is 0 Å². The second-order valence-corrected chi connectivity index (χ2v) is 4.81. The Balaban J connectivity index is 1.87. The standard InChI is InChI=1S/C15H12ClN3O/c16-11-3-1-2-10(6-11)8-20-15-13-5-4-12(17)7-14(13)18-9-19-15/h1-7,9H,8,17H2. The molecule has 0 aliphatic carbocycles. The van der Waals surface area contributed by atoms with E-state index in [-0.39, 0.29) is 0 Å². The van der Waals surface area contributed by atoms with Crippen LogP contribution in [0.2, 0.25) is 5.02 Å². The lowest BCUT2D eigenvalue weighted by atomic mass is 10.2. The topological polar surface area (TPSA) is 61.0 Å². The summed E-state index contributed by atoms with van der Waals surface area (Å²) in [5, 5.41) is 1.52. The fraction of sp³-hybridized carbons (Fsp3) is 0.0667. The molecule has 0 saturated heterocycles. The average molecular weight is 286 g/mol. The van der Waals surface area contributed by atoms with Gasteiger partial charge in [0.1, 0.15) is 12.9 Å². The lowest BCUT2D eigenvalue weighted by molar-refractivity contribution is 0.297. The van der Waals surface area contributed by atoms with Crippen molar-refractivity contribution in [1.82, 2.24) is 9.97 Å². The highest BCUT2D eigenvalue weighted by atomic mass is 35.5. The minimum atomic E-state index is 0.400. The third-order valence-corrected chi connectivity index (χ3v) is 3.12. The molecule has 0 amide bonds. The average Bonchev–Trinajstić information content (AvgIpc) is 2.44. The van der Waals surface area contributed by atoms with Crippen LogP contribution >= 0.6 is 11.6 Å². The van der Waals surface area contributed by atoms with Gasteiger partial charge in [-0.2, -0.15) is 0 Å². The number of halogens is 1. The Hall–Kier alpha value is -2.33. The Kier molecular flexibility index (Phi) is 3.39. The fourth-order valence-corrected chi connectivity index (χ4v) is 2.16. The van der Waals surface area contributed by atoms with Gasteiger partial charge in [0.05, 0.1) is 10.9 Å². The van der Waals surface area contributed by atoms with Gasteiger partial charge in [0.2, 0.25) is 5.88 Å². The van der Waals surface area contributed by atoms with E-state index >= 15 is 0 Å². The number of fused-ring (bicyclic) bond motifs is 1. The summed E-state index contributed by atoms with van der Waals surface area (Å²) in [4.78, 5) is 8.35. The van der Waals surface area contributed by atoms with Crippen LogP contribution in [0.3, 0.4) is 0 Å². The van der Waals surface area contributed by atoms with E-state index in [9.17, 15) is 0 Å². The largest absolute Gasteiger partial charge is 0.472 e. The van der Waals surface area contributed by atoms with E-state index in [1.165, 1.54) is 6.33 Å². The van der Waals surface area contributed by atoms with Crippen molar-refractivity contribution in [2.45, 2.75) is 6.61 Å². The number of nitrogen functional groups attached to an aromatic ring is 1. The van der Waals surface area contributed by atoms with Gasteiger partial charge in [-0.05, 0) is 35.9 Å². The van der Waals surface area contributed by atoms with Gasteiger partial charge >= 0.3 is 0 Å². The molecule has 1 heterocycles. The first kappa shape index (κ1) is 12.7. The van der Waals surface area contributed by atoms with E-state index in [1.807, 2.05) is 30.3 Å². The van der Waals surface area contributed by atoms with Gasteiger partial charge in [0, 0.05) is 10.7 Å². The molecule has 0 unspecified atom stereocenters. The molecule has 1 aromatic heterocycles. The molecule has 3 aromatic rings. The number of hydrogen-bond donors (Lipinski definition) is 1. The molecule has 0 fully saturated rings. The van der Waals surface area contributed by atoms with Crippen LogP contribution in [0.4, 0.5) is 5.69 Å². The predicted octanol–water partition coefficient (Wildman–Crippen LogP) is 3.44. The normalized spacial score (nSPS) is 10.7. The third-order valence-electron chi connectivity index (χ3n) is 2.89. The molecular weight excluding hydrogens is 274 g/mol. The van der Waals surface area contributed by atoms with Crippen molar-refractivity contribution < 1.29 is 4.74 Å². The van der Waals surface area contributed by atoms with Gasteiger partial charge in [-0.3, -0.25) is 0 Å². The van der Waals surface area contributed by atoms with Gasteiger partial charge in [-0.15, -0.1) is 0 Å². The number of aromatic nitrogens is 2. The van der Waals surface area contributed by atoms with E-state index in [0.717, 1.165) is 16.5 Å². The number of benzene rings is 2. The Labute approximate surface area is 121 Å². The summed E-state index contributed by atoms with van der Waals surface area (Å²) >= 11 is 5.94. The Morgan fingerprint density at radius 1 is 1.10 bits per heavy atom. The summed E-state index contributed by atoms with van der Waals surface area (Å²) < 4.78 is 5.75. The van der Waals surface area contributed by atoms with Crippen molar-refractivity contribution >= 4 is 28.2 Å². The van der Waals surface area contributed by atoms with E-state index < -0.39 is 0 Å². The summed E-state index contributed by atoms with van der Waals surface area (Å²) in [6.07, 6.45) is 1.47. The Bertz CT molecular complexity index is 761. The van der Waals surface area contributed by atoms with Crippen LogP contribution in [0.15, 0.2) is 48.8 Å². The van der Waals surface area contributed by atoms with Gasteiger partial charge in [-0.25, -0.2) is 9.97 Å². The SMILES string of the molecule is Nc1ccc2c(OCc3cccc(Cl)c3)ncnc2c1. The summed E-state index contributed by atoms with van der Waals surface area (Å²) in [7, 11) is 0. The molecule has 2 N–H and O–H groups in total. The van der Waals surface area contributed by atoms with Crippen molar-refractivity contribution in [2.24, 2.45) is 0 Å². The maximum Gasteiger partial charge on any atom is 0.224 e. The number of rotatable bonds is 3. The monoisotopic (exact) mass is 285 g/mol. The second-order valence-electron chi connectivity index (χ2n) is 4.37. The number of nitrogens with two attached hydrogens (primary N) is 1. The number of anilines is 1. The van der Waals surface area contributed by atoms with E-state index in [1.54, 1.807) is 12.1 Å². The van der Waals surface area contributed by atoms with E-state index in [0.29, 0.717) is 23.2 Å². The molecule has 0 spiro atoms. The van der Waals surface area contributed by atoms with Crippen molar-refractivity contribution in [3.63, 3.8) is 0 Å².